The van der Waals surface area contributed by atoms with Crippen molar-refractivity contribution in [1.29, 1.82) is 0 Å². The molecular formula is C13H19NO3. The Morgan fingerprint density at radius 1 is 1.18 bits per heavy atom. The summed E-state index contributed by atoms with van der Waals surface area (Å²) in [4.78, 5) is 22.6. The first kappa shape index (κ1) is 11.1. The van der Waals surface area contributed by atoms with Crippen LogP contribution in [0, 0.1) is 23.7 Å². The van der Waals surface area contributed by atoms with Gasteiger partial charge in [-0.05, 0) is 49.9 Å². The zero-order valence-corrected chi connectivity index (χ0v) is 10.1. The Hall–Kier alpha value is -1.06. The molecule has 0 aliphatic heterocycles. The molecule has 0 aromatic heterocycles. The molecule has 0 aromatic rings. The Morgan fingerprint density at radius 3 is 2.24 bits per heavy atom. The highest BCUT2D eigenvalue weighted by Crippen LogP contribution is 2.58. The van der Waals surface area contributed by atoms with Crippen LogP contribution >= 0.6 is 0 Å². The fourth-order valence-electron chi connectivity index (χ4n) is 4.95. The van der Waals surface area contributed by atoms with Crippen LogP contribution in [0.15, 0.2) is 0 Å². The van der Waals surface area contributed by atoms with Crippen molar-refractivity contribution < 1.29 is 14.7 Å². The van der Waals surface area contributed by atoms with E-state index < -0.39 is 5.97 Å². The van der Waals surface area contributed by atoms with Crippen molar-refractivity contribution in [3.8, 4) is 0 Å². The Bertz CT molecular complexity index is 363. The summed E-state index contributed by atoms with van der Waals surface area (Å²) in [6.07, 6.45) is 4.91. The third-order valence-corrected chi connectivity index (χ3v) is 5.00. The monoisotopic (exact) mass is 237 g/mol. The molecule has 0 aromatic carbocycles. The summed E-state index contributed by atoms with van der Waals surface area (Å²) in [5.41, 5.74) is -0.0751. The summed E-state index contributed by atoms with van der Waals surface area (Å²) in [7, 11) is 0. The van der Waals surface area contributed by atoms with Gasteiger partial charge < -0.3 is 10.4 Å². The van der Waals surface area contributed by atoms with Crippen molar-refractivity contribution >= 4 is 11.9 Å². The Kier molecular flexibility index (Phi) is 2.25. The number of carbonyl (C=O) groups excluding carboxylic acids is 1. The lowest BCUT2D eigenvalue weighted by Gasteiger charge is -2.59. The summed E-state index contributed by atoms with van der Waals surface area (Å²) in [6.45, 7) is 1.56. The maximum atomic E-state index is 11.3. The fourth-order valence-corrected chi connectivity index (χ4v) is 4.95. The van der Waals surface area contributed by atoms with E-state index in [-0.39, 0.29) is 29.2 Å². The van der Waals surface area contributed by atoms with Gasteiger partial charge in [0.15, 0.2) is 0 Å². The van der Waals surface area contributed by atoms with E-state index in [1.807, 2.05) is 0 Å². The van der Waals surface area contributed by atoms with E-state index in [2.05, 4.69) is 5.32 Å². The highest BCUT2D eigenvalue weighted by molar-refractivity contribution is 5.74. The van der Waals surface area contributed by atoms with E-state index in [1.165, 1.54) is 0 Å². The molecule has 1 amide bonds. The lowest BCUT2D eigenvalue weighted by Crippen LogP contribution is -2.63. The van der Waals surface area contributed by atoms with Crippen molar-refractivity contribution in [2.45, 2.75) is 44.6 Å². The van der Waals surface area contributed by atoms with Crippen LogP contribution in [0.5, 0.6) is 0 Å². The summed E-state index contributed by atoms with van der Waals surface area (Å²) in [5, 5.41) is 12.4. The minimum absolute atomic E-state index is 0.0267. The van der Waals surface area contributed by atoms with Gasteiger partial charge in [0.2, 0.25) is 5.91 Å². The van der Waals surface area contributed by atoms with Crippen LogP contribution in [0.3, 0.4) is 0 Å². The van der Waals surface area contributed by atoms with Crippen LogP contribution in [0.2, 0.25) is 0 Å². The zero-order chi connectivity index (χ0) is 12.2. The lowest BCUT2D eigenvalue weighted by atomic mass is 9.49. The highest BCUT2D eigenvalue weighted by atomic mass is 16.4. The molecule has 4 nitrogen and oxygen atoms in total. The third kappa shape index (κ3) is 1.65. The smallest absolute Gasteiger partial charge is 0.307 e. The first-order valence-electron chi connectivity index (χ1n) is 6.51. The van der Waals surface area contributed by atoms with Gasteiger partial charge in [0.25, 0.3) is 0 Å². The maximum absolute atomic E-state index is 11.3. The van der Waals surface area contributed by atoms with Gasteiger partial charge in [0.05, 0.1) is 5.92 Å². The molecule has 0 radical (unpaired) electrons. The number of carbonyl (C=O) groups is 2. The number of aliphatic carboxylic acids is 1. The van der Waals surface area contributed by atoms with E-state index >= 15 is 0 Å². The minimum Gasteiger partial charge on any atom is -0.481 e. The zero-order valence-electron chi connectivity index (χ0n) is 10.1. The molecule has 94 valence electrons. The number of hydrogen-bond donors (Lipinski definition) is 2. The molecule has 4 fully saturated rings. The van der Waals surface area contributed by atoms with E-state index in [0.717, 1.165) is 32.1 Å². The molecular weight excluding hydrogens is 218 g/mol. The van der Waals surface area contributed by atoms with Crippen molar-refractivity contribution in [3.63, 3.8) is 0 Å². The number of rotatable bonds is 2. The van der Waals surface area contributed by atoms with Gasteiger partial charge in [-0.2, -0.15) is 0 Å². The molecule has 2 unspecified atom stereocenters. The second-order valence-electron chi connectivity index (χ2n) is 6.30. The number of carboxylic acids is 1. The average molecular weight is 237 g/mol. The second-order valence-corrected chi connectivity index (χ2v) is 6.30. The molecule has 4 saturated carbocycles. The van der Waals surface area contributed by atoms with E-state index in [1.54, 1.807) is 6.92 Å². The van der Waals surface area contributed by atoms with Gasteiger partial charge in [-0.1, -0.05) is 0 Å². The maximum Gasteiger partial charge on any atom is 0.307 e. The van der Waals surface area contributed by atoms with Crippen molar-refractivity contribution in [2.24, 2.45) is 23.7 Å². The van der Waals surface area contributed by atoms with Crippen LogP contribution in [-0.4, -0.2) is 22.5 Å². The van der Waals surface area contributed by atoms with E-state index in [4.69, 9.17) is 0 Å². The number of hydrogen-bond acceptors (Lipinski definition) is 2. The highest BCUT2D eigenvalue weighted by Gasteiger charge is 2.57. The Morgan fingerprint density at radius 2 is 1.76 bits per heavy atom. The van der Waals surface area contributed by atoms with E-state index in [9.17, 15) is 14.7 Å². The quantitative estimate of drug-likeness (QED) is 0.763. The average Bonchev–Trinajstić information content (AvgIpc) is 2.11. The van der Waals surface area contributed by atoms with E-state index in [0.29, 0.717) is 5.92 Å². The summed E-state index contributed by atoms with van der Waals surface area (Å²) in [6, 6.07) is 0. The molecule has 0 saturated heterocycles. The standard InChI is InChI=1S/C13H19NO3/c1-7(15)14-13-4-8-2-9(5-13)11(12(16)17)10(3-8)6-13/h8-11H,2-6H2,1H3,(H,14,15)(H,16,17). The van der Waals surface area contributed by atoms with Crippen molar-refractivity contribution in [2.75, 3.05) is 0 Å². The van der Waals surface area contributed by atoms with Crippen LogP contribution in [0.1, 0.15) is 39.0 Å². The topological polar surface area (TPSA) is 66.4 Å². The molecule has 17 heavy (non-hydrogen) atoms. The summed E-state index contributed by atoms with van der Waals surface area (Å²) < 4.78 is 0. The normalized spacial score (nSPS) is 46.9. The summed E-state index contributed by atoms with van der Waals surface area (Å²) in [5.74, 6) is 0.440. The molecule has 4 bridgehead atoms. The minimum atomic E-state index is -0.628. The molecule has 4 heteroatoms. The van der Waals surface area contributed by atoms with Crippen LogP contribution in [0.25, 0.3) is 0 Å². The van der Waals surface area contributed by atoms with Crippen LogP contribution in [0.4, 0.5) is 0 Å². The van der Waals surface area contributed by atoms with Gasteiger partial charge >= 0.3 is 5.97 Å². The number of nitrogens with one attached hydrogen (secondary N) is 1. The number of carboxylic acid groups (broad SMARTS) is 1. The Balaban J connectivity index is 1.86. The number of amides is 1. The van der Waals surface area contributed by atoms with Gasteiger partial charge in [0, 0.05) is 12.5 Å². The second kappa shape index (κ2) is 3.47. The predicted octanol–water partition coefficient (Wildman–Crippen LogP) is 1.40. The van der Waals surface area contributed by atoms with Gasteiger partial charge in [-0.15, -0.1) is 0 Å². The third-order valence-electron chi connectivity index (χ3n) is 5.00. The molecule has 0 spiro atoms. The molecule has 4 rings (SSSR count). The van der Waals surface area contributed by atoms with Gasteiger partial charge in [-0.3, -0.25) is 9.59 Å². The fraction of sp³-hybridized carbons (Fsp3) is 0.846. The Labute approximate surface area is 101 Å². The van der Waals surface area contributed by atoms with Crippen LogP contribution < -0.4 is 5.32 Å². The first-order chi connectivity index (χ1) is 7.99. The SMILES string of the molecule is CC(=O)NC12CC3CC(C1)C(C(=O)O)C(C3)C2. The summed E-state index contributed by atoms with van der Waals surface area (Å²) >= 11 is 0. The molecule has 4 aliphatic carbocycles. The largest absolute Gasteiger partial charge is 0.481 e. The van der Waals surface area contributed by atoms with Crippen LogP contribution in [-0.2, 0) is 9.59 Å². The molecule has 2 atom stereocenters. The van der Waals surface area contributed by atoms with Crippen molar-refractivity contribution in [1.82, 2.24) is 5.32 Å². The first-order valence-corrected chi connectivity index (χ1v) is 6.51. The molecule has 0 heterocycles. The van der Waals surface area contributed by atoms with Gasteiger partial charge in [-0.25, -0.2) is 0 Å². The lowest BCUT2D eigenvalue weighted by molar-refractivity contribution is -0.158. The van der Waals surface area contributed by atoms with Crippen molar-refractivity contribution in [3.05, 3.63) is 0 Å². The van der Waals surface area contributed by atoms with Gasteiger partial charge in [0.1, 0.15) is 0 Å². The predicted molar refractivity (Wildman–Crippen MR) is 61.2 cm³/mol. The molecule has 2 N–H and O–H groups in total. The molecule has 4 aliphatic rings.